The van der Waals surface area contributed by atoms with Gasteiger partial charge in [0.05, 0.1) is 5.60 Å². The highest BCUT2D eigenvalue weighted by Crippen LogP contribution is 2.63. The summed E-state index contributed by atoms with van der Waals surface area (Å²) in [6.07, 6.45) is 8.72. The molecule has 6 unspecified atom stereocenters. The van der Waals surface area contributed by atoms with Crippen molar-refractivity contribution in [3.05, 3.63) is 11.6 Å². The number of carbonyl (C=O) groups is 2. The Morgan fingerprint density at radius 2 is 1.96 bits per heavy atom. The minimum Gasteiger partial charge on any atom is -0.462 e. The summed E-state index contributed by atoms with van der Waals surface area (Å²) in [4.78, 5) is 23.2. The van der Waals surface area contributed by atoms with Crippen molar-refractivity contribution < 1.29 is 19.4 Å². The van der Waals surface area contributed by atoms with Gasteiger partial charge in [-0.2, -0.15) is 0 Å². The van der Waals surface area contributed by atoms with E-state index in [0.717, 1.165) is 44.1 Å². The van der Waals surface area contributed by atoms with Crippen LogP contribution in [0.4, 0.5) is 0 Å². The molecule has 0 saturated heterocycles. The Balaban J connectivity index is 1.62. The normalized spacial score (nSPS) is 47.3. The molecular formula is C20H28O4. The Morgan fingerprint density at radius 1 is 1.17 bits per heavy atom. The van der Waals surface area contributed by atoms with Crippen molar-refractivity contribution in [3.63, 3.8) is 0 Å². The molecule has 6 atom stereocenters. The Morgan fingerprint density at radius 3 is 2.71 bits per heavy atom. The van der Waals surface area contributed by atoms with Gasteiger partial charge in [0, 0.05) is 18.8 Å². The van der Waals surface area contributed by atoms with Crippen molar-refractivity contribution in [1.29, 1.82) is 0 Å². The van der Waals surface area contributed by atoms with Gasteiger partial charge in [0.25, 0.3) is 0 Å². The van der Waals surface area contributed by atoms with E-state index in [0.29, 0.717) is 24.7 Å². The molecule has 24 heavy (non-hydrogen) atoms. The van der Waals surface area contributed by atoms with E-state index >= 15 is 0 Å². The van der Waals surface area contributed by atoms with Gasteiger partial charge in [-0.15, -0.1) is 0 Å². The molecule has 0 spiro atoms. The topological polar surface area (TPSA) is 63.6 Å². The number of ether oxygens (including phenoxy) is 1. The van der Waals surface area contributed by atoms with E-state index in [2.05, 4.69) is 6.92 Å². The number of rotatable bonds is 1. The molecule has 4 rings (SSSR count). The van der Waals surface area contributed by atoms with Crippen molar-refractivity contribution in [2.24, 2.45) is 23.2 Å². The highest BCUT2D eigenvalue weighted by atomic mass is 16.5. The molecule has 0 aromatic rings. The van der Waals surface area contributed by atoms with Gasteiger partial charge in [-0.25, -0.2) is 0 Å². The number of esters is 1. The van der Waals surface area contributed by atoms with Crippen LogP contribution in [0.15, 0.2) is 11.6 Å². The van der Waals surface area contributed by atoms with Gasteiger partial charge < -0.3 is 9.84 Å². The van der Waals surface area contributed by atoms with Crippen LogP contribution in [0.3, 0.4) is 0 Å². The summed E-state index contributed by atoms with van der Waals surface area (Å²) in [7, 11) is 0. The van der Waals surface area contributed by atoms with Crippen molar-refractivity contribution in [1.82, 2.24) is 0 Å². The Hall–Kier alpha value is -1.16. The largest absolute Gasteiger partial charge is 0.462 e. The molecule has 1 N–H and O–H groups in total. The summed E-state index contributed by atoms with van der Waals surface area (Å²) in [5.41, 5.74) is 0.269. The van der Waals surface area contributed by atoms with Crippen LogP contribution >= 0.6 is 0 Å². The highest BCUT2D eigenvalue weighted by Gasteiger charge is 2.60. The maximum atomic E-state index is 11.8. The molecule has 4 heteroatoms. The van der Waals surface area contributed by atoms with Gasteiger partial charge in [-0.05, 0) is 74.3 Å². The zero-order valence-electron chi connectivity index (χ0n) is 14.7. The molecule has 4 aliphatic rings. The average Bonchev–Trinajstić information content (AvgIpc) is 2.84. The summed E-state index contributed by atoms with van der Waals surface area (Å²) in [5.74, 6) is 1.26. The van der Waals surface area contributed by atoms with Crippen molar-refractivity contribution in [3.8, 4) is 0 Å². The third-order valence-corrected chi connectivity index (χ3v) is 7.66. The zero-order valence-corrected chi connectivity index (χ0v) is 14.7. The summed E-state index contributed by atoms with van der Waals surface area (Å²) in [5, 5.41) is 11.4. The number of hydrogen-bond donors (Lipinski definition) is 1. The zero-order chi connectivity index (χ0) is 17.1. The molecular weight excluding hydrogens is 304 g/mol. The van der Waals surface area contributed by atoms with E-state index in [1.54, 1.807) is 6.08 Å². The van der Waals surface area contributed by atoms with E-state index in [4.69, 9.17) is 4.74 Å². The maximum Gasteiger partial charge on any atom is 0.302 e. The van der Waals surface area contributed by atoms with E-state index in [9.17, 15) is 14.7 Å². The Kier molecular flexibility index (Phi) is 3.68. The number of ketones is 1. The summed E-state index contributed by atoms with van der Waals surface area (Å²) < 4.78 is 5.65. The lowest BCUT2D eigenvalue weighted by atomic mass is 9.50. The first-order valence-corrected chi connectivity index (χ1v) is 9.48. The molecule has 4 aliphatic carbocycles. The molecule has 132 valence electrons. The van der Waals surface area contributed by atoms with Crippen molar-refractivity contribution in [2.45, 2.75) is 76.9 Å². The fraction of sp³-hybridized carbons (Fsp3) is 0.800. The van der Waals surface area contributed by atoms with Crippen LogP contribution in [-0.2, 0) is 14.3 Å². The fourth-order valence-electron chi connectivity index (χ4n) is 6.53. The monoisotopic (exact) mass is 332 g/mol. The Bertz CT molecular complexity index is 609. The average molecular weight is 332 g/mol. The van der Waals surface area contributed by atoms with Gasteiger partial charge in [0.15, 0.2) is 5.78 Å². The fourth-order valence-corrected chi connectivity index (χ4v) is 6.53. The Labute approximate surface area is 143 Å². The van der Waals surface area contributed by atoms with Crippen LogP contribution in [0, 0.1) is 23.2 Å². The predicted molar refractivity (Wildman–Crippen MR) is 89.1 cm³/mol. The smallest absolute Gasteiger partial charge is 0.302 e. The van der Waals surface area contributed by atoms with Crippen LogP contribution < -0.4 is 0 Å². The minimum atomic E-state index is -0.766. The molecule has 0 heterocycles. The van der Waals surface area contributed by atoms with E-state index in [-0.39, 0.29) is 29.2 Å². The predicted octanol–water partition coefficient (Wildman–Crippen LogP) is 3.17. The molecule has 0 amide bonds. The third kappa shape index (κ3) is 2.22. The van der Waals surface area contributed by atoms with E-state index < -0.39 is 5.60 Å². The molecule has 3 fully saturated rings. The van der Waals surface area contributed by atoms with Crippen LogP contribution in [0.2, 0.25) is 0 Å². The van der Waals surface area contributed by atoms with Gasteiger partial charge in [-0.3, -0.25) is 9.59 Å². The second-order valence-electron chi connectivity index (χ2n) is 8.70. The standard InChI is InChI=1S/C20H28O4/c1-12(21)24-18-6-5-16-15-4-3-13-11-14(22)7-10-20(13,23)17(15)8-9-19(16,18)2/h11,15-18,23H,3-10H2,1-2H3. The first-order valence-electron chi connectivity index (χ1n) is 9.48. The van der Waals surface area contributed by atoms with Gasteiger partial charge in [0.1, 0.15) is 6.10 Å². The highest BCUT2D eigenvalue weighted by molar-refractivity contribution is 5.92. The van der Waals surface area contributed by atoms with Crippen LogP contribution in [-0.4, -0.2) is 28.6 Å². The molecule has 3 saturated carbocycles. The SMILES string of the molecule is CC(=O)OC1CCC2C3CCC4=CC(=O)CCC4(O)C3CCC12C. The lowest BCUT2D eigenvalue weighted by molar-refractivity contribution is -0.160. The van der Waals surface area contributed by atoms with Crippen LogP contribution in [0.25, 0.3) is 0 Å². The molecule has 0 aromatic heterocycles. The quantitative estimate of drug-likeness (QED) is 0.749. The molecule has 4 nitrogen and oxygen atoms in total. The summed E-state index contributed by atoms with van der Waals surface area (Å²) in [6.45, 7) is 3.79. The number of hydrogen-bond acceptors (Lipinski definition) is 4. The first-order chi connectivity index (χ1) is 11.3. The lowest BCUT2D eigenvalue weighted by Crippen LogP contribution is -2.55. The first kappa shape index (κ1) is 16.3. The van der Waals surface area contributed by atoms with Crippen molar-refractivity contribution in [2.75, 3.05) is 0 Å². The second kappa shape index (κ2) is 5.42. The molecule has 0 bridgehead atoms. The van der Waals surface area contributed by atoms with Crippen LogP contribution in [0.1, 0.15) is 65.2 Å². The third-order valence-electron chi connectivity index (χ3n) is 7.66. The second-order valence-corrected chi connectivity index (χ2v) is 8.70. The van der Waals surface area contributed by atoms with E-state index in [1.807, 2.05) is 0 Å². The minimum absolute atomic E-state index is 0.0282. The molecule has 0 radical (unpaired) electrons. The lowest BCUT2D eigenvalue weighted by Gasteiger charge is -2.56. The molecule has 0 aliphatic heterocycles. The summed E-state index contributed by atoms with van der Waals surface area (Å²) in [6, 6.07) is 0. The molecule has 0 aromatic carbocycles. The van der Waals surface area contributed by atoms with Gasteiger partial charge >= 0.3 is 5.97 Å². The maximum absolute atomic E-state index is 11.8. The summed E-state index contributed by atoms with van der Waals surface area (Å²) >= 11 is 0. The number of aliphatic hydroxyl groups is 1. The van der Waals surface area contributed by atoms with Gasteiger partial charge in [0.2, 0.25) is 0 Å². The van der Waals surface area contributed by atoms with Gasteiger partial charge in [-0.1, -0.05) is 6.92 Å². The van der Waals surface area contributed by atoms with Crippen LogP contribution in [0.5, 0.6) is 0 Å². The number of fused-ring (bicyclic) bond motifs is 5. The van der Waals surface area contributed by atoms with E-state index in [1.165, 1.54) is 6.92 Å². The van der Waals surface area contributed by atoms with Crippen molar-refractivity contribution >= 4 is 11.8 Å². The number of carbonyl (C=O) groups excluding carboxylic acids is 2.